The molecule has 0 saturated carbocycles. The smallest absolute Gasteiger partial charge is 0.387 e. The number of ketones is 1. The van der Waals surface area contributed by atoms with E-state index in [1.54, 1.807) is 19.3 Å². The number of carbonyl (C=O) groups excluding carboxylic acids is 1. The van der Waals surface area contributed by atoms with Crippen molar-refractivity contribution in [1.29, 1.82) is 0 Å². The van der Waals surface area contributed by atoms with Gasteiger partial charge in [-0.1, -0.05) is 34.1 Å². The maximum absolute atomic E-state index is 12.6. The Kier molecular flexibility index (Phi) is 8.43. The van der Waals surface area contributed by atoms with Crippen LogP contribution in [-0.2, 0) is 6.61 Å². The Morgan fingerprint density at radius 1 is 0.970 bits per heavy atom. The summed E-state index contributed by atoms with van der Waals surface area (Å²) < 4.78 is 46.6. The molecule has 3 aromatic carbocycles. The van der Waals surface area contributed by atoms with Crippen LogP contribution in [0, 0.1) is 0 Å². The minimum absolute atomic E-state index is 0.0472. The zero-order valence-electron chi connectivity index (χ0n) is 17.9. The van der Waals surface area contributed by atoms with E-state index in [1.807, 2.05) is 36.4 Å². The first-order valence-corrected chi connectivity index (χ1v) is 10.6. The van der Waals surface area contributed by atoms with Gasteiger partial charge in [-0.05, 0) is 60.2 Å². The number of alkyl halides is 2. The quantitative estimate of drug-likeness (QED) is 0.225. The number of benzene rings is 3. The normalized spacial score (nSPS) is 11.0. The topological polar surface area (TPSA) is 54.0 Å². The third-order valence-corrected chi connectivity index (χ3v) is 5.08. The minimum atomic E-state index is -2.99. The SMILES string of the molecule is COc1ccc(/C=C/C(=O)c2ccc(OC(F)F)c(OC)c2)cc1COc1cccc(Br)c1. The van der Waals surface area contributed by atoms with Gasteiger partial charge in [0.25, 0.3) is 0 Å². The number of rotatable bonds is 10. The maximum atomic E-state index is 12.6. The van der Waals surface area contributed by atoms with E-state index in [2.05, 4.69) is 20.7 Å². The molecule has 0 bridgehead atoms. The van der Waals surface area contributed by atoms with E-state index in [0.717, 1.165) is 15.6 Å². The standard InChI is InChI=1S/C25H21BrF2O5/c1-30-22-10-7-16(12-18(22)15-32-20-5-3-4-19(26)14-20)6-9-21(29)17-8-11-23(33-25(27)28)24(13-17)31-2/h3-14,25H,15H2,1-2H3/b9-6+. The van der Waals surface area contributed by atoms with Gasteiger partial charge in [-0.25, -0.2) is 0 Å². The zero-order valence-corrected chi connectivity index (χ0v) is 19.5. The maximum Gasteiger partial charge on any atom is 0.387 e. The number of halogens is 3. The Bertz CT molecular complexity index is 1150. The van der Waals surface area contributed by atoms with Gasteiger partial charge in [-0.3, -0.25) is 4.79 Å². The summed E-state index contributed by atoms with van der Waals surface area (Å²) in [4.78, 5) is 12.6. The summed E-state index contributed by atoms with van der Waals surface area (Å²) in [6.45, 7) is -2.71. The van der Waals surface area contributed by atoms with Gasteiger partial charge in [0.1, 0.15) is 18.1 Å². The lowest BCUT2D eigenvalue weighted by atomic mass is 10.1. The fourth-order valence-corrected chi connectivity index (χ4v) is 3.39. The monoisotopic (exact) mass is 518 g/mol. The van der Waals surface area contributed by atoms with Crippen molar-refractivity contribution >= 4 is 27.8 Å². The molecule has 0 N–H and O–H groups in total. The molecule has 0 saturated heterocycles. The Labute approximate surface area is 198 Å². The number of hydrogen-bond donors (Lipinski definition) is 0. The Morgan fingerprint density at radius 2 is 1.73 bits per heavy atom. The average molecular weight is 519 g/mol. The molecule has 0 unspecified atom stereocenters. The predicted molar refractivity (Wildman–Crippen MR) is 124 cm³/mol. The molecule has 3 rings (SSSR count). The summed E-state index contributed by atoms with van der Waals surface area (Å²) >= 11 is 3.41. The van der Waals surface area contributed by atoms with Gasteiger partial charge in [-0.2, -0.15) is 8.78 Å². The van der Waals surface area contributed by atoms with E-state index in [-0.39, 0.29) is 29.5 Å². The van der Waals surface area contributed by atoms with Crippen molar-refractivity contribution in [3.63, 3.8) is 0 Å². The number of carbonyl (C=O) groups is 1. The predicted octanol–water partition coefficient (Wildman–Crippen LogP) is 6.54. The highest BCUT2D eigenvalue weighted by Crippen LogP contribution is 2.30. The lowest BCUT2D eigenvalue weighted by molar-refractivity contribution is -0.0512. The molecule has 0 radical (unpaired) electrons. The first kappa shape index (κ1) is 24.3. The fourth-order valence-electron chi connectivity index (χ4n) is 3.02. The second kappa shape index (κ2) is 11.5. The summed E-state index contributed by atoms with van der Waals surface area (Å²) in [7, 11) is 2.89. The second-order valence-corrected chi connectivity index (χ2v) is 7.67. The average Bonchev–Trinajstić information content (AvgIpc) is 2.81. The van der Waals surface area contributed by atoms with Gasteiger partial charge in [0, 0.05) is 15.6 Å². The van der Waals surface area contributed by atoms with Crippen LogP contribution >= 0.6 is 15.9 Å². The van der Waals surface area contributed by atoms with E-state index in [9.17, 15) is 13.6 Å². The van der Waals surface area contributed by atoms with Crippen LogP contribution in [0.25, 0.3) is 6.08 Å². The van der Waals surface area contributed by atoms with Gasteiger partial charge < -0.3 is 18.9 Å². The van der Waals surface area contributed by atoms with Crippen molar-refractivity contribution in [2.75, 3.05) is 14.2 Å². The molecular formula is C25H21BrF2O5. The minimum Gasteiger partial charge on any atom is -0.496 e. The molecule has 0 aromatic heterocycles. The molecule has 8 heteroatoms. The second-order valence-electron chi connectivity index (χ2n) is 6.76. The number of hydrogen-bond acceptors (Lipinski definition) is 5. The third-order valence-electron chi connectivity index (χ3n) is 4.59. The largest absolute Gasteiger partial charge is 0.496 e. The van der Waals surface area contributed by atoms with Gasteiger partial charge >= 0.3 is 6.61 Å². The molecule has 172 valence electrons. The van der Waals surface area contributed by atoms with Gasteiger partial charge in [0.05, 0.1) is 14.2 Å². The first-order chi connectivity index (χ1) is 15.9. The van der Waals surface area contributed by atoms with Crippen LogP contribution < -0.4 is 18.9 Å². The van der Waals surface area contributed by atoms with E-state index in [1.165, 1.54) is 31.4 Å². The van der Waals surface area contributed by atoms with Crippen LogP contribution in [0.5, 0.6) is 23.0 Å². The van der Waals surface area contributed by atoms with Gasteiger partial charge in [0.2, 0.25) is 0 Å². The lowest BCUT2D eigenvalue weighted by Crippen LogP contribution is -2.04. The van der Waals surface area contributed by atoms with Crippen LogP contribution in [0.4, 0.5) is 8.78 Å². The number of allylic oxidation sites excluding steroid dienone is 1. The van der Waals surface area contributed by atoms with Crippen molar-refractivity contribution in [3.8, 4) is 23.0 Å². The molecular weight excluding hydrogens is 498 g/mol. The van der Waals surface area contributed by atoms with Crippen molar-refractivity contribution < 1.29 is 32.5 Å². The van der Waals surface area contributed by atoms with Crippen molar-refractivity contribution in [2.24, 2.45) is 0 Å². The molecule has 0 aliphatic heterocycles. The van der Waals surface area contributed by atoms with Crippen LogP contribution in [0.1, 0.15) is 21.5 Å². The summed E-state index contributed by atoms with van der Waals surface area (Å²) in [5.74, 6) is 0.951. The number of methoxy groups -OCH3 is 2. The van der Waals surface area contributed by atoms with Crippen LogP contribution in [0.15, 0.2) is 71.2 Å². The van der Waals surface area contributed by atoms with Crippen LogP contribution in [0.2, 0.25) is 0 Å². The molecule has 0 amide bonds. The molecule has 0 aliphatic rings. The van der Waals surface area contributed by atoms with Crippen molar-refractivity contribution in [2.45, 2.75) is 13.2 Å². The molecule has 0 heterocycles. The zero-order chi connectivity index (χ0) is 23.8. The number of ether oxygens (including phenoxy) is 4. The highest BCUT2D eigenvalue weighted by molar-refractivity contribution is 9.10. The molecule has 0 atom stereocenters. The van der Waals surface area contributed by atoms with Gasteiger partial charge in [-0.15, -0.1) is 0 Å². The summed E-state index contributed by atoms with van der Waals surface area (Å²) in [5.41, 5.74) is 1.85. The van der Waals surface area contributed by atoms with E-state index < -0.39 is 6.61 Å². The molecule has 33 heavy (non-hydrogen) atoms. The third kappa shape index (κ3) is 6.79. The fraction of sp³-hybridized carbons (Fsp3) is 0.160. The molecule has 3 aromatic rings. The summed E-state index contributed by atoms with van der Waals surface area (Å²) in [6.07, 6.45) is 3.05. The molecule has 5 nitrogen and oxygen atoms in total. The van der Waals surface area contributed by atoms with E-state index in [0.29, 0.717) is 11.5 Å². The lowest BCUT2D eigenvalue weighted by Gasteiger charge is -2.11. The Hall–Kier alpha value is -3.39. The van der Waals surface area contributed by atoms with E-state index >= 15 is 0 Å². The Balaban J connectivity index is 1.75. The van der Waals surface area contributed by atoms with Crippen molar-refractivity contribution in [3.05, 3.63) is 87.9 Å². The van der Waals surface area contributed by atoms with Crippen LogP contribution in [-0.4, -0.2) is 26.6 Å². The Morgan fingerprint density at radius 3 is 2.42 bits per heavy atom. The molecule has 0 fully saturated rings. The van der Waals surface area contributed by atoms with E-state index in [4.69, 9.17) is 14.2 Å². The highest BCUT2D eigenvalue weighted by atomic mass is 79.9. The van der Waals surface area contributed by atoms with Gasteiger partial charge in [0.15, 0.2) is 17.3 Å². The summed E-state index contributed by atoms with van der Waals surface area (Å²) in [6, 6.07) is 17.0. The highest BCUT2D eigenvalue weighted by Gasteiger charge is 2.13. The summed E-state index contributed by atoms with van der Waals surface area (Å²) in [5, 5.41) is 0. The first-order valence-electron chi connectivity index (χ1n) is 9.80. The molecule has 0 spiro atoms. The molecule has 0 aliphatic carbocycles. The van der Waals surface area contributed by atoms with Crippen molar-refractivity contribution in [1.82, 2.24) is 0 Å². The van der Waals surface area contributed by atoms with Crippen LogP contribution in [0.3, 0.4) is 0 Å².